The van der Waals surface area contributed by atoms with E-state index in [4.69, 9.17) is 36.6 Å². The second-order valence-corrected chi connectivity index (χ2v) is 16.9. The fourth-order valence-corrected chi connectivity index (χ4v) is 7.19. The quantitative estimate of drug-likeness (QED) is 0.00864. The molecule has 0 spiro atoms. The van der Waals surface area contributed by atoms with Gasteiger partial charge in [-0.05, 0) is 84.2 Å². The Bertz CT molecular complexity index is 2780. The minimum atomic E-state index is -0.704. The van der Waals surface area contributed by atoms with Crippen molar-refractivity contribution >= 4 is 70.4 Å². The number of imidazole rings is 1. The van der Waals surface area contributed by atoms with Gasteiger partial charge in [0.2, 0.25) is 11.9 Å². The molecule has 0 aliphatic carbocycles. The number of nitrogens with zero attached hydrogens (tertiary/aromatic N) is 10. The number of primary amides is 1. The van der Waals surface area contributed by atoms with Gasteiger partial charge in [0, 0.05) is 64.5 Å². The van der Waals surface area contributed by atoms with Crippen LogP contribution in [0.3, 0.4) is 0 Å². The number of aromatic nitrogens is 6. The average Bonchev–Trinajstić information content (AvgIpc) is 4.05. The number of rotatable bonds is 24. The van der Waals surface area contributed by atoms with Crippen molar-refractivity contribution in [2.24, 2.45) is 27.5 Å². The Kier molecular flexibility index (Phi) is 18.7. The molecule has 10 N–H and O–H groups in total. The van der Waals surface area contributed by atoms with Gasteiger partial charge in [0.25, 0.3) is 11.8 Å². The van der Waals surface area contributed by atoms with E-state index in [1.54, 1.807) is 75.7 Å². The van der Waals surface area contributed by atoms with Crippen LogP contribution in [0.2, 0.25) is 0 Å². The van der Waals surface area contributed by atoms with Gasteiger partial charge in [0.15, 0.2) is 0 Å². The zero-order chi connectivity index (χ0) is 51.8. The lowest BCUT2D eigenvalue weighted by molar-refractivity contribution is 0.0635. The van der Waals surface area contributed by atoms with Gasteiger partial charge in [-0.3, -0.25) is 34.1 Å². The van der Waals surface area contributed by atoms with Crippen molar-refractivity contribution in [2.75, 3.05) is 63.1 Å². The highest BCUT2D eigenvalue weighted by Crippen LogP contribution is 2.40. The standard InChI is InChI=1S/C47H65N17O7/c1-10-64-36(22-30(2)59-64)44(67)54-29-61(40-34(51-6)23-31(42(48)65)25-37(40)70-21-15-16-39(58-49)60(9)50)17-11-12-19-63-41-35(57-45(63)53-8)24-32(43(66)52-7)26-38(41)69-20-14-13-18-62-28-33(27-55-62)56-46(68)71-47(3,4)5/h11-14,22-28H,6,10,15-21,29,49-50H2,1-5,7-9H3,(H2,48,65)(H,52,66)(H,53,57)(H,54,67)(H,56,68)/b12-11+,14-13+,58-39-. The van der Waals surface area contributed by atoms with E-state index < -0.39 is 17.6 Å². The monoisotopic (exact) mass is 980 g/mol. The Labute approximate surface area is 411 Å². The molecule has 0 saturated heterocycles. The molecule has 71 heavy (non-hydrogen) atoms. The number of carbonyl (C=O) groups excluding carboxylic acids is 4. The first kappa shape index (κ1) is 53.5. The van der Waals surface area contributed by atoms with Gasteiger partial charge in [0.05, 0.1) is 48.6 Å². The second kappa shape index (κ2) is 24.7. The van der Waals surface area contributed by atoms with Crippen LogP contribution >= 0.6 is 0 Å². The summed E-state index contributed by atoms with van der Waals surface area (Å²) in [7, 11) is 4.91. The lowest BCUT2D eigenvalue weighted by Gasteiger charge is -2.28. The molecular weight excluding hydrogens is 915 g/mol. The van der Waals surface area contributed by atoms with Crippen molar-refractivity contribution in [3.05, 3.63) is 89.5 Å². The molecule has 0 aliphatic rings. The van der Waals surface area contributed by atoms with E-state index in [1.165, 1.54) is 23.3 Å². The van der Waals surface area contributed by atoms with Crippen molar-refractivity contribution in [3.63, 3.8) is 0 Å². The molecule has 0 atom stereocenters. The third kappa shape index (κ3) is 14.6. The first-order valence-electron chi connectivity index (χ1n) is 22.7. The highest BCUT2D eigenvalue weighted by Gasteiger charge is 2.23. The van der Waals surface area contributed by atoms with E-state index >= 15 is 0 Å². The average molecular weight is 980 g/mol. The number of aryl methyl sites for hydroxylation is 2. The number of benzene rings is 2. The molecule has 3 heterocycles. The summed E-state index contributed by atoms with van der Waals surface area (Å²) in [6.07, 6.45) is 10.9. The lowest BCUT2D eigenvalue weighted by atomic mass is 10.1. The number of nitrogens with one attached hydrogen (secondary N) is 4. The first-order valence-corrected chi connectivity index (χ1v) is 22.7. The third-order valence-corrected chi connectivity index (χ3v) is 10.4. The molecule has 0 radical (unpaired) electrons. The molecular formula is C47H65N17O7. The van der Waals surface area contributed by atoms with E-state index in [1.807, 2.05) is 47.6 Å². The first-order chi connectivity index (χ1) is 33.9. The molecule has 380 valence electrons. The van der Waals surface area contributed by atoms with Crippen LogP contribution < -0.4 is 53.1 Å². The summed E-state index contributed by atoms with van der Waals surface area (Å²) in [6.45, 7) is 14.4. The molecule has 0 fully saturated rings. The van der Waals surface area contributed by atoms with Crippen molar-refractivity contribution in [2.45, 2.75) is 72.7 Å². The Hall–Kier alpha value is -8.41. The normalized spacial score (nSPS) is 11.8. The highest BCUT2D eigenvalue weighted by atomic mass is 16.6. The smallest absolute Gasteiger partial charge is 0.412 e. The second-order valence-electron chi connectivity index (χ2n) is 16.9. The number of amidine groups is 1. The number of carbonyl (C=O) groups is 4. The molecule has 3 aromatic heterocycles. The summed E-state index contributed by atoms with van der Waals surface area (Å²) >= 11 is 0. The van der Waals surface area contributed by atoms with Gasteiger partial charge in [-0.25, -0.2) is 15.6 Å². The predicted octanol–water partition coefficient (Wildman–Crippen LogP) is 4.26. The van der Waals surface area contributed by atoms with Crippen LogP contribution in [0.4, 0.5) is 27.8 Å². The number of hydrogen-bond donors (Lipinski definition) is 7. The summed E-state index contributed by atoms with van der Waals surface area (Å²) in [6, 6.07) is 8.09. The molecule has 2 aromatic carbocycles. The number of nitrogens with two attached hydrogens (primary N) is 3. The van der Waals surface area contributed by atoms with E-state index in [-0.39, 0.29) is 61.8 Å². The molecule has 24 nitrogen and oxygen atoms in total. The van der Waals surface area contributed by atoms with Crippen LogP contribution in [-0.4, -0.2) is 124 Å². The molecule has 5 rings (SSSR count). The maximum atomic E-state index is 13.7. The zero-order valence-corrected chi connectivity index (χ0v) is 41.5. The number of ether oxygens (including phenoxy) is 3. The van der Waals surface area contributed by atoms with Crippen LogP contribution in [0.15, 0.2) is 77.1 Å². The molecule has 0 bridgehead atoms. The van der Waals surface area contributed by atoms with Crippen LogP contribution in [0.1, 0.15) is 77.4 Å². The summed E-state index contributed by atoms with van der Waals surface area (Å²) in [5, 5.41) is 25.3. The van der Waals surface area contributed by atoms with Gasteiger partial charge in [-0.2, -0.15) is 15.3 Å². The van der Waals surface area contributed by atoms with Crippen LogP contribution in [0.25, 0.3) is 11.0 Å². The molecule has 0 unspecified atom stereocenters. The number of allylic oxidation sites excluding steroid dienone is 2. The summed E-state index contributed by atoms with van der Waals surface area (Å²) in [4.78, 5) is 62.2. The third-order valence-electron chi connectivity index (χ3n) is 10.4. The Morgan fingerprint density at radius 3 is 2.38 bits per heavy atom. The van der Waals surface area contributed by atoms with Gasteiger partial charge >= 0.3 is 6.09 Å². The van der Waals surface area contributed by atoms with Crippen molar-refractivity contribution < 1.29 is 33.4 Å². The maximum Gasteiger partial charge on any atom is 0.412 e. The largest absolute Gasteiger partial charge is 0.491 e. The SMILES string of the molecule is C=Nc1cc(C(N)=O)cc(OCCC/C(=N/N)N(C)N)c1N(C/C=C/Cn1c(NC)nc2cc(C(=O)NC)cc(OC/C=C/Cn3cc(NC(=O)OC(C)(C)C)cn3)c21)CNC(=O)c1cc(C)nn1CC. The van der Waals surface area contributed by atoms with E-state index in [9.17, 15) is 19.2 Å². The molecule has 5 aromatic rings. The summed E-state index contributed by atoms with van der Waals surface area (Å²) < 4.78 is 23.1. The number of anilines is 3. The minimum absolute atomic E-state index is 0.0397. The minimum Gasteiger partial charge on any atom is -0.491 e. The van der Waals surface area contributed by atoms with E-state index in [0.717, 1.165) is 0 Å². The van der Waals surface area contributed by atoms with Gasteiger partial charge < -0.3 is 56.2 Å². The molecule has 0 saturated carbocycles. The Balaban J connectivity index is 1.43. The highest BCUT2D eigenvalue weighted by molar-refractivity contribution is 6.00. The lowest BCUT2D eigenvalue weighted by Crippen LogP contribution is -2.39. The maximum absolute atomic E-state index is 13.7. The summed E-state index contributed by atoms with van der Waals surface area (Å²) in [5.74, 6) is 11.6. The number of fused-ring (bicyclic) bond motifs is 1. The molecule has 4 amide bonds. The van der Waals surface area contributed by atoms with Crippen molar-refractivity contribution in [3.8, 4) is 11.5 Å². The topological polar surface area (TPSA) is 307 Å². The zero-order valence-electron chi connectivity index (χ0n) is 41.5. The Morgan fingerprint density at radius 1 is 0.972 bits per heavy atom. The van der Waals surface area contributed by atoms with Crippen molar-refractivity contribution in [1.82, 2.24) is 44.8 Å². The number of hydrogen-bond acceptors (Lipinski definition) is 16. The Morgan fingerprint density at radius 2 is 1.72 bits per heavy atom. The molecule has 24 heteroatoms. The van der Waals surface area contributed by atoms with Gasteiger partial charge in [0.1, 0.15) is 46.4 Å². The summed E-state index contributed by atoms with van der Waals surface area (Å²) in [5.41, 5.74) is 9.00. The van der Waals surface area contributed by atoms with Crippen LogP contribution in [0.5, 0.6) is 11.5 Å². The molecule has 0 aliphatic heterocycles. The van der Waals surface area contributed by atoms with E-state index in [0.29, 0.717) is 82.8 Å². The van der Waals surface area contributed by atoms with Crippen molar-refractivity contribution in [1.29, 1.82) is 0 Å². The van der Waals surface area contributed by atoms with E-state index in [2.05, 4.69) is 48.3 Å². The van der Waals surface area contributed by atoms with Crippen LogP contribution in [0, 0.1) is 6.92 Å². The number of aliphatic imine (C=N–C) groups is 1. The number of hydrazine groups is 1. The van der Waals surface area contributed by atoms with Gasteiger partial charge in [-0.1, -0.05) is 18.2 Å². The number of hydrazone groups is 1. The van der Waals surface area contributed by atoms with Gasteiger partial charge in [-0.15, -0.1) is 0 Å². The number of amides is 4. The fraction of sp³-hybridized carbons (Fsp3) is 0.383. The fourth-order valence-electron chi connectivity index (χ4n) is 7.19. The predicted molar refractivity (Wildman–Crippen MR) is 273 cm³/mol. The van der Waals surface area contributed by atoms with Crippen LogP contribution in [-0.2, 0) is 24.4 Å².